The van der Waals surface area contributed by atoms with Crippen LogP contribution in [0.15, 0.2) is 0 Å². The van der Waals surface area contributed by atoms with Gasteiger partial charge in [-0.25, -0.2) is 0 Å². The van der Waals surface area contributed by atoms with Crippen LogP contribution >= 0.6 is 12.4 Å². The maximum Gasteiger partial charge on any atom is 0.222 e. The SMILES string of the molecule is CCCN(CCC)C(=O)CCCC(=O)NC(C)(C)CN.Cl. The predicted molar refractivity (Wildman–Crippen MR) is 89.5 cm³/mol. The monoisotopic (exact) mass is 321 g/mol. The van der Waals surface area contributed by atoms with Crippen molar-refractivity contribution < 1.29 is 9.59 Å². The first-order valence-corrected chi connectivity index (χ1v) is 7.65. The fourth-order valence-corrected chi connectivity index (χ4v) is 1.95. The summed E-state index contributed by atoms with van der Waals surface area (Å²) < 4.78 is 0. The van der Waals surface area contributed by atoms with E-state index in [2.05, 4.69) is 19.2 Å². The van der Waals surface area contributed by atoms with Crippen molar-refractivity contribution >= 4 is 24.2 Å². The predicted octanol–water partition coefficient (Wildman–Crippen LogP) is 2.08. The molecule has 0 aliphatic heterocycles. The Morgan fingerprint density at radius 1 is 1.10 bits per heavy atom. The molecule has 126 valence electrons. The van der Waals surface area contributed by atoms with E-state index < -0.39 is 0 Å². The van der Waals surface area contributed by atoms with Crippen LogP contribution in [-0.2, 0) is 9.59 Å². The Morgan fingerprint density at radius 3 is 2.05 bits per heavy atom. The van der Waals surface area contributed by atoms with Crippen LogP contribution in [0.25, 0.3) is 0 Å². The van der Waals surface area contributed by atoms with E-state index in [-0.39, 0.29) is 29.8 Å². The van der Waals surface area contributed by atoms with E-state index in [4.69, 9.17) is 5.73 Å². The van der Waals surface area contributed by atoms with Crippen LogP contribution in [0.1, 0.15) is 59.8 Å². The van der Waals surface area contributed by atoms with Gasteiger partial charge in [-0.05, 0) is 33.1 Å². The molecule has 0 atom stereocenters. The molecule has 0 saturated carbocycles. The molecule has 0 rings (SSSR count). The zero-order valence-corrected chi connectivity index (χ0v) is 14.7. The Kier molecular flexibility index (Phi) is 12.6. The van der Waals surface area contributed by atoms with Gasteiger partial charge in [0.2, 0.25) is 11.8 Å². The summed E-state index contributed by atoms with van der Waals surface area (Å²) in [5.74, 6) is 0.116. The van der Waals surface area contributed by atoms with Crippen LogP contribution in [0.2, 0.25) is 0 Å². The average molecular weight is 322 g/mol. The van der Waals surface area contributed by atoms with Crippen molar-refractivity contribution in [2.75, 3.05) is 19.6 Å². The molecule has 0 saturated heterocycles. The van der Waals surface area contributed by atoms with Crippen LogP contribution in [-0.4, -0.2) is 41.9 Å². The third kappa shape index (κ3) is 10.5. The highest BCUT2D eigenvalue weighted by Crippen LogP contribution is 2.05. The Labute approximate surface area is 135 Å². The molecule has 0 unspecified atom stereocenters. The van der Waals surface area contributed by atoms with Crippen molar-refractivity contribution in [1.82, 2.24) is 10.2 Å². The molecule has 0 radical (unpaired) electrons. The molecule has 6 heteroatoms. The summed E-state index contributed by atoms with van der Waals surface area (Å²) in [6, 6.07) is 0. The van der Waals surface area contributed by atoms with Crippen molar-refractivity contribution in [3.8, 4) is 0 Å². The van der Waals surface area contributed by atoms with Gasteiger partial charge in [-0.1, -0.05) is 13.8 Å². The molecular weight excluding hydrogens is 290 g/mol. The highest BCUT2D eigenvalue weighted by Gasteiger charge is 2.18. The molecule has 5 nitrogen and oxygen atoms in total. The number of amides is 2. The molecule has 0 aliphatic rings. The number of hydrogen-bond donors (Lipinski definition) is 2. The number of hydrogen-bond acceptors (Lipinski definition) is 3. The standard InChI is InChI=1S/C15H31N3O2.ClH/c1-5-10-18(11-6-2)14(20)9-7-8-13(19)17-15(3,4)12-16;/h5-12,16H2,1-4H3,(H,17,19);1H. The normalized spacial score (nSPS) is 10.7. The van der Waals surface area contributed by atoms with Gasteiger partial charge in [0.15, 0.2) is 0 Å². The van der Waals surface area contributed by atoms with Gasteiger partial charge in [-0.2, -0.15) is 0 Å². The lowest BCUT2D eigenvalue weighted by Gasteiger charge is -2.24. The highest BCUT2D eigenvalue weighted by atomic mass is 35.5. The molecule has 0 fully saturated rings. The summed E-state index contributed by atoms with van der Waals surface area (Å²) in [6.07, 6.45) is 3.35. The second-order valence-corrected chi connectivity index (χ2v) is 5.87. The van der Waals surface area contributed by atoms with Gasteiger partial charge in [0, 0.05) is 38.0 Å². The molecule has 0 aromatic carbocycles. The summed E-state index contributed by atoms with van der Waals surface area (Å²) in [6.45, 7) is 9.92. The number of carbonyl (C=O) groups excluding carboxylic acids is 2. The van der Waals surface area contributed by atoms with Crippen LogP contribution in [0.5, 0.6) is 0 Å². The molecule has 0 bridgehead atoms. The van der Waals surface area contributed by atoms with Gasteiger partial charge in [0.25, 0.3) is 0 Å². The first-order valence-electron chi connectivity index (χ1n) is 7.65. The second-order valence-electron chi connectivity index (χ2n) is 5.87. The summed E-state index contributed by atoms with van der Waals surface area (Å²) in [5, 5.41) is 2.87. The van der Waals surface area contributed by atoms with E-state index in [0.717, 1.165) is 25.9 Å². The van der Waals surface area contributed by atoms with Gasteiger partial charge in [0.05, 0.1) is 0 Å². The van der Waals surface area contributed by atoms with E-state index in [0.29, 0.717) is 25.8 Å². The molecule has 0 spiro atoms. The van der Waals surface area contributed by atoms with Crippen molar-refractivity contribution in [2.24, 2.45) is 5.73 Å². The summed E-state index contributed by atoms with van der Waals surface area (Å²) in [5.41, 5.74) is 5.18. The van der Waals surface area contributed by atoms with Crippen molar-refractivity contribution in [3.05, 3.63) is 0 Å². The van der Waals surface area contributed by atoms with Crippen molar-refractivity contribution in [2.45, 2.75) is 65.3 Å². The summed E-state index contributed by atoms with van der Waals surface area (Å²) in [7, 11) is 0. The van der Waals surface area contributed by atoms with Crippen LogP contribution in [0.3, 0.4) is 0 Å². The van der Waals surface area contributed by atoms with Gasteiger partial charge >= 0.3 is 0 Å². The van der Waals surface area contributed by atoms with E-state index in [1.54, 1.807) is 0 Å². The van der Waals surface area contributed by atoms with Crippen LogP contribution in [0.4, 0.5) is 0 Å². The van der Waals surface area contributed by atoms with Gasteiger partial charge in [-0.15, -0.1) is 12.4 Å². The van der Waals surface area contributed by atoms with Crippen LogP contribution in [0, 0.1) is 0 Å². The van der Waals surface area contributed by atoms with Gasteiger partial charge < -0.3 is 16.0 Å². The number of nitrogens with two attached hydrogens (primary N) is 1. The fourth-order valence-electron chi connectivity index (χ4n) is 1.95. The highest BCUT2D eigenvalue weighted by molar-refractivity contribution is 5.85. The van der Waals surface area contributed by atoms with Gasteiger partial charge in [-0.3, -0.25) is 9.59 Å². The number of carbonyl (C=O) groups is 2. The Bertz CT molecular complexity index is 303. The smallest absolute Gasteiger partial charge is 0.222 e. The maximum atomic E-state index is 12.0. The molecule has 2 amide bonds. The number of nitrogens with one attached hydrogen (secondary N) is 1. The molecule has 21 heavy (non-hydrogen) atoms. The molecule has 0 aromatic rings. The summed E-state index contributed by atoms with van der Waals surface area (Å²) >= 11 is 0. The lowest BCUT2D eigenvalue weighted by atomic mass is 10.1. The third-order valence-electron chi connectivity index (χ3n) is 3.12. The first-order chi connectivity index (χ1) is 9.36. The van der Waals surface area contributed by atoms with Crippen molar-refractivity contribution in [1.29, 1.82) is 0 Å². The quantitative estimate of drug-likeness (QED) is 0.647. The van der Waals surface area contributed by atoms with E-state index in [9.17, 15) is 9.59 Å². The minimum absolute atomic E-state index is 0. The number of nitrogens with zero attached hydrogens (tertiary/aromatic N) is 1. The number of rotatable bonds is 10. The van der Waals surface area contributed by atoms with Crippen LogP contribution < -0.4 is 11.1 Å². The first kappa shape index (κ1) is 22.5. The molecular formula is C15H32ClN3O2. The molecule has 0 aromatic heterocycles. The van der Waals surface area contributed by atoms with Crippen molar-refractivity contribution in [3.63, 3.8) is 0 Å². The van der Waals surface area contributed by atoms with E-state index in [1.807, 2.05) is 18.7 Å². The fraction of sp³-hybridized carbons (Fsp3) is 0.867. The van der Waals surface area contributed by atoms with Gasteiger partial charge in [0.1, 0.15) is 0 Å². The minimum Gasteiger partial charge on any atom is -0.350 e. The zero-order chi connectivity index (χ0) is 15.6. The lowest BCUT2D eigenvalue weighted by molar-refractivity contribution is -0.131. The maximum absolute atomic E-state index is 12.0. The largest absolute Gasteiger partial charge is 0.350 e. The summed E-state index contributed by atoms with van der Waals surface area (Å²) in [4.78, 5) is 25.6. The Hall–Kier alpha value is -0.810. The topological polar surface area (TPSA) is 75.4 Å². The van der Waals surface area contributed by atoms with E-state index in [1.165, 1.54) is 0 Å². The zero-order valence-electron chi connectivity index (χ0n) is 13.9. The number of halogens is 1. The third-order valence-corrected chi connectivity index (χ3v) is 3.12. The Morgan fingerprint density at radius 2 is 1.62 bits per heavy atom. The second kappa shape index (κ2) is 11.8. The molecule has 3 N–H and O–H groups in total. The molecule has 0 aliphatic carbocycles. The molecule has 0 heterocycles. The average Bonchev–Trinajstić information content (AvgIpc) is 2.37. The lowest BCUT2D eigenvalue weighted by Crippen LogP contribution is -2.48. The van der Waals surface area contributed by atoms with E-state index >= 15 is 0 Å². The minimum atomic E-state index is -0.377. The Balaban J connectivity index is 0.